The Balaban J connectivity index is 2.64. The third-order valence-electron chi connectivity index (χ3n) is 2.51. The van der Waals surface area contributed by atoms with Gasteiger partial charge in [0.2, 0.25) is 0 Å². The molecular weight excluding hydrogens is 184 g/mol. The van der Waals surface area contributed by atoms with Gasteiger partial charge in [0.1, 0.15) is 0 Å². The Morgan fingerprint density at radius 1 is 1.20 bits per heavy atom. The molecule has 1 aromatic carbocycles. The largest absolute Gasteiger partial charge is 0.392 e. The van der Waals surface area contributed by atoms with Crippen molar-refractivity contribution in [2.75, 3.05) is 6.61 Å². The molecule has 0 heterocycles. The Morgan fingerprint density at radius 3 is 2.73 bits per heavy atom. The quantitative estimate of drug-likeness (QED) is 0.704. The third kappa shape index (κ3) is 4.30. The lowest BCUT2D eigenvalue weighted by Gasteiger charge is -2.05. The molecule has 1 aromatic rings. The zero-order chi connectivity index (χ0) is 10.9. The molecule has 1 nitrogen and oxygen atoms in total. The van der Waals surface area contributed by atoms with E-state index in [1.54, 1.807) is 6.08 Å². The van der Waals surface area contributed by atoms with E-state index in [9.17, 15) is 0 Å². The Labute approximate surface area is 92.5 Å². The van der Waals surface area contributed by atoms with Crippen LogP contribution in [0.2, 0.25) is 0 Å². The number of aliphatic hydroxyl groups is 1. The van der Waals surface area contributed by atoms with Crippen LogP contribution in [0.5, 0.6) is 0 Å². The first-order valence-corrected chi connectivity index (χ1v) is 5.73. The van der Waals surface area contributed by atoms with Gasteiger partial charge >= 0.3 is 0 Å². The summed E-state index contributed by atoms with van der Waals surface area (Å²) in [7, 11) is 0. The summed E-state index contributed by atoms with van der Waals surface area (Å²) in [6, 6.07) is 8.40. The van der Waals surface area contributed by atoms with E-state index in [-0.39, 0.29) is 6.61 Å². The number of aryl methyl sites for hydroxylation is 1. The van der Waals surface area contributed by atoms with Gasteiger partial charge in [-0.15, -0.1) is 0 Å². The van der Waals surface area contributed by atoms with Gasteiger partial charge in [0.05, 0.1) is 6.61 Å². The molecule has 1 N–H and O–H groups in total. The zero-order valence-electron chi connectivity index (χ0n) is 9.45. The van der Waals surface area contributed by atoms with Crippen LogP contribution in [-0.2, 0) is 6.42 Å². The normalized spacial score (nSPS) is 11.1. The van der Waals surface area contributed by atoms with Crippen LogP contribution in [0.25, 0.3) is 6.08 Å². The van der Waals surface area contributed by atoms with Crippen molar-refractivity contribution >= 4 is 6.08 Å². The lowest BCUT2D eigenvalue weighted by molar-refractivity contribution is 0.343. The van der Waals surface area contributed by atoms with Crippen molar-refractivity contribution in [3.63, 3.8) is 0 Å². The molecule has 0 radical (unpaired) electrons. The van der Waals surface area contributed by atoms with Crippen molar-refractivity contribution in [1.29, 1.82) is 0 Å². The van der Waals surface area contributed by atoms with Gasteiger partial charge in [-0.3, -0.25) is 0 Å². The van der Waals surface area contributed by atoms with Gasteiger partial charge in [0.15, 0.2) is 0 Å². The molecule has 0 unspecified atom stereocenters. The van der Waals surface area contributed by atoms with E-state index in [0.717, 1.165) is 6.42 Å². The van der Waals surface area contributed by atoms with Crippen LogP contribution in [0.3, 0.4) is 0 Å². The topological polar surface area (TPSA) is 20.2 Å². The summed E-state index contributed by atoms with van der Waals surface area (Å²) >= 11 is 0. The monoisotopic (exact) mass is 204 g/mol. The fourth-order valence-electron chi connectivity index (χ4n) is 1.67. The summed E-state index contributed by atoms with van der Waals surface area (Å²) in [6.45, 7) is 2.33. The van der Waals surface area contributed by atoms with Gasteiger partial charge in [0.25, 0.3) is 0 Å². The highest BCUT2D eigenvalue weighted by molar-refractivity contribution is 5.53. The molecule has 0 saturated carbocycles. The van der Waals surface area contributed by atoms with Crippen molar-refractivity contribution in [3.8, 4) is 0 Å². The van der Waals surface area contributed by atoms with Crippen molar-refractivity contribution in [1.82, 2.24) is 0 Å². The number of unbranched alkanes of at least 4 members (excludes halogenated alkanes) is 2. The average Bonchev–Trinajstić information content (AvgIpc) is 2.28. The molecule has 0 aliphatic carbocycles. The highest BCUT2D eigenvalue weighted by Crippen LogP contribution is 2.14. The van der Waals surface area contributed by atoms with Gasteiger partial charge in [-0.25, -0.2) is 0 Å². The average molecular weight is 204 g/mol. The van der Waals surface area contributed by atoms with Gasteiger partial charge in [-0.1, -0.05) is 56.2 Å². The fraction of sp³-hybridized carbons (Fsp3) is 0.429. The highest BCUT2D eigenvalue weighted by atomic mass is 16.2. The Bertz CT molecular complexity index is 302. The molecule has 1 rings (SSSR count). The minimum absolute atomic E-state index is 0.114. The summed E-state index contributed by atoms with van der Waals surface area (Å²) < 4.78 is 0. The van der Waals surface area contributed by atoms with Gasteiger partial charge in [0, 0.05) is 0 Å². The molecule has 0 spiro atoms. The lowest BCUT2D eigenvalue weighted by Crippen LogP contribution is -1.89. The van der Waals surface area contributed by atoms with E-state index in [0.29, 0.717) is 0 Å². The Kier molecular flexibility index (Phi) is 5.79. The summed E-state index contributed by atoms with van der Waals surface area (Å²) in [6.07, 6.45) is 8.73. The second kappa shape index (κ2) is 7.24. The van der Waals surface area contributed by atoms with E-state index >= 15 is 0 Å². The predicted octanol–water partition coefficient (Wildman–Crippen LogP) is 3.42. The maximum atomic E-state index is 8.75. The summed E-state index contributed by atoms with van der Waals surface area (Å²) in [5.74, 6) is 0. The number of benzene rings is 1. The third-order valence-corrected chi connectivity index (χ3v) is 2.51. The van der Waals surface area contributed by atoms with Gasteiger partial charge in [-0.05, 0) is 24.0 Å². The molecule has 0 aromatic heterocycles. The van der Waals surface area contributed by atoms with Crippen molar-refractivity contribution in [2.45, 2.75) is 32.6 Å². The molecule has 0 aliphatic rings. The summed E-state index contributed by atoms with van der Waals surface area (Å²) in [4.78, 5) is 0. The smallest absolute Gasteiger partial charge is 0.0615 e. The number of hydrogen-bond donors (Lipinski definition) is 1. The Morgan fingerprint density at radius 2 is 2.00 bits per heavy atom. The minimum atomic E-state index is 0.114. The van der Waals surface area contributed by atoms with E-state index in [4.69, 9.17) is 5.11 Å². The first-order chi connectivity index (χ1) is 7.38. The van der Waals surface area contributed by atoms with Gasteiger partial charge < -0.3 is 5.11 Å². The molecule has 0 fully saturated rings. The molecule has 1 heteroatoms. The van der Waals surface area contributed by atoms with E-state index < -0.39 is 0 Å². The summed E-state index contributed by atoms with van der Waals surface area (Å²) in [5, 5.41) is 8.75. The molecule has 0 amide bonds. The van der Waals surface area contributed by atoms with E-state index in [1.165, 1.54) is 30.4 Å². The second-order valence-electron chi connectivity index (χ2n) is 3.74. The van der Waals surface area contributed by atoms with Crippen LogP contribution in [0.15, 0.2) is 30.3 Å². The lowest BCUT2D eigenvalue weighted by atomic mass is 10.0. The molecule has 0 atom stereocenters. The van der Waals surface area contributed by atoms with Crippen LogP contribution in [0.4, 0.5) is 0 Å². The zero-order valence-corrected chi connectivity index (χ0v) is 9.45. The van der Waals surface area contributed by atoms with Crippen molar-refractivity contribution < 1.29 is 5.11 Å². The SMILES string of the molecule is CCCCCc1ccccc1/C=C/CO. The standard InChI is InChI=1S/C14H20O/c1-2-3-4-8-13-9-5-6-10-14(13)11-7-12-15/h5-7,9-11,15H,2-4,8,12H2,1H3/b11-7+. The predicted molar refractivity (Wildman–Crippen MR) is 65.8 cm³/mol. The number of hydrogen-bond acceptors (Lipinski definition) is 1. The van der Waals surface area contributed by atoms with Gasteiger partial charge in [-0.2, -0.15) is 0 Å². The molecule has 82 valence electrons. The summed E-state index contributed by atoms with van der Waals surface area (Å²) in [5.41, 5.74) is 2.62. The molecule has 0 aliphatic heterocycles. The maximum absolute atomic E-state index is 8.75. The van der Waals surface area contributed by atoms with Crippen LogP contribution < -0.4 is 0 Å². The maximum Gasteiger partial charge on any atom is 0.0615 e. The van der Waals surface area contributed by atoms with Crippen molar-refractivity contribution in [3.05, 3.63) is 41.5 Å². The minimum Gasteiger partial charge on any atom is -0.392 e. The second-order valence-corrected chi connectivity index (χ2v) is 3.74. The molecule has 0 bridgehead atoms. The van der Waals surface area contributed by atoms with Crippen LogP contribution >= 0.6 is 0 Å². The van der Waals surface area contributed by atoms with Crippen LogP contribution in [0.1, 0.15) is 37.3 Å². The molecular formula is C14H20O. The molecule has 15 heavy (non-hydrogen) atoms. The number of rotatable bonds is 6. The van der Waals surface area contributed by atoms with E-state index in [2.05, 4.69) is 25.1 Å². The first-order valence-electron chi connectivity index (χ1n) is 5.73. The van der Waals surface area contributed by atoms with Crippen LogP contribution in [-0.4, -0.2) is 11.7 Å². The van der Waals surface area contributed by atoms with Crippen molar-refractivity contribution in [2.24, 2.45) is 0 Å². The highest BCUT2D eigenvalue weighted by Gasteiger charge is 1.97. The van der Waals surface area contributed by atoms with Crippen LogP contribution in [0, 0.1) is 0 Å². The fourth-order valence-corrected chi connectivity index (χ4v) is 1.67. The Hall–Kier alpha value is -1.08. The number of aliphatic hydroxyl groups excluding tert-OH is 1. The molecule has 0 saturated heterocycles. The first kappa shape index (κ1) is 12.0. The van der Waals surface area contributed by atoms with E-state index in [1.807, 2.05) is 12.1 Å².